The van der Waals surface area contributed by atoms with Crippen LogP contribution in [0.2, 0.25) is 0 Å². The van der Waals surface area contributed by atoms with Crippen LogP contribution in [-0.4, -0.2) is 13.7 Å². The number of benzene rings is 12. The molecule has 96 heavy (non-hydrogen) atoms. The third-order valence-corrected chi connectivity index (χ3v) is 18.9. The highest BCUT2D eigenvalue weighted by atomic mass is 15.0. The van der Waals surface area contributed by atoms with Crippen LogP contribution in [0.1, 0.15) is 143 Å². The molecule has 12 aromatic carbocycles. The minimum Gasteiger partial charge on any atom is -0.309 e. The topological polar surface area (TPSA) is 14.8 Å². The van der Waals surface area contributed by atoms with Crippen LogP contribution in [0.5, 0.6) is 0 Å². The summed E-state index contributed by atoms with van der Waals surface area (Å²) in [7, 11) is 0. The average molecular weight is 1260 g/mol. The van der Waals surface area contributed by atoms with Crippen molar-refractivity contribution >= 4 is 65.4 Å². The number of hydrogen-bond donors (Lipinski definition) is 0. The van der Waals surface area contributed by atoms with Gasteiger partial charge in [0.15, 0.2) is 0 Å². The second-order valence-corrected chi connectivity index (χ2v) is 31.1. The van der Waals surface area contributed by atoms with Gasteiger partial charge < -0.3 is 13.7 Å². The Kier molecular flexibility index (Phi) is 15.6. The highest BCUT2D eigenvalue weighted by Gasteiger charge is 2.30. The Bertz CT molecular complexity index is 5400. The SMILES string of the molecule is CC(C)(C)c1c(-c2ccccc2)cccc1-n1c2ccccc2c2ccccc21.CC(C)(C)c1ccc2c(c1)c1cc(C(C)(C)C)ccc1n2-c1cccc(-c2ccccc2)c1C(C)(C)C.[2H]c1c([2H])c(-c2cccc(-n3c4ccccc4c4ccccc43)c2C(C)(C)C)c([2H])c([2H])c1C. The molecule has 0 aliphatic heterocycles. The maximum Gasteiger partial charge on any atom is 0.0629 e. The van der Waals surface area contributed by atoms with E-state index in [4.69, 9.17) is 5.48 Å². The number of para-hydroxylation sites is 4. The molecule has 3 aromatic heterocycles. The second-order valence-electron chi connectivity index (χ2n) is 31.1. The summed E-state index contributed by atoms with van der Waals surface area (Å²) in [6.45, 7) is 35.8. The molecule has 15 rings (SSSR count). The van der Waals surface area contributed by atoms with Crippen molar-refractivity contribution < 1.29 is 5.48 Å². The molecule has 3 heteroatoms. The first-order valence-corrected chi connectivity index (χ1v) is 34.1. The molecule has 0 aliphatic rings. The summed E-state index contributed by atoms with van der Waals surface area (Å²) in [4.78, 5) is 0. The molecule has 0 bridgehead atoms. The first-order valence-electron chi connectivity index (χ1n) is 36.1. The van der Waals surface area contributed by atoms with Gasteiger partial charge in [-0.2, -0.15) is 0 Å². The van der Waals surface area contributed by atoms with Crippen LogP contribution in [0.4, 0.5) is 0 Å². The van der Waals surface area contributed by atoms with E-state index in [0.717, 1.165) is 27.8 Å². The number of hydrogen-bond acceptors (Lipinski definition) is 0. The van der Waals surface area contributed by atoms with Crippen molar-refractivity contribution in [3.8, 4) is 50.4 Å². The smallest absolute Gasteiger partial charge is 0.0629 e. The fraction of sp³-hybridized carbons (Fsp3) is 0.226. The van der Waals surface area contributed by atoms with E-state index >= 15 is 0 Å². The zero-order chi connectivity index (χ0) is 71.1. The van der Waals surface area contributed by atoms with E-state index in [1.54, 1.807) is 6.92 Å². The molecule has 3 heterocycles. The van der Waals surface area contributed by atoms with Gasteiger partial charge in [0, 0.05) is 32.3 Å². The molecular weight excluding hydrogens is 1160 g/mol. The monoisotopic (exact) mass is 1260 g/mol. The van der Waals surface area contributed by atoms with Crippen molar-refractivity contribution in [3.63, 3.8) is 0 Å². The Balaban J connectivity index is 0.000000135. The van der Waals surface area contributed by atoms with Crippen LogP contribution in [0.25, 0.3) is 116 Å². The second kappa shape index (κ2) is 25.0. The summed E-state index contributed by atoms with van der Waals surface area (Å²) in [6, 6.07) is 89.4. The van der Waals surface area contributed by atoms with Crippen LogP contribution >= 0.6 is 0 Å². The number of fused-ring (bicyclic) bond motifs is 9. The Morgan fingerprint density at radius 2 is 0.510 bits per heavy atom. The minimum atomic E-state index is -0.327. The Morgan fingerprint density at radius 1 is 0.240 bits per heavy atom. The van der Waals surface area contributed by atoms with E-state index in [-0.39, 0.29) is 51.2 Å². The van der Waals surface area contributed by atoms with Crippen LogP contribution < -0.4 is 0 Å². The third-order valence-electron chi connectivity index (χ3n) is 18.9. The lowest BCUT2D eigenvalue weighted by molar-refractivity contribution is 0.588. The molecule has 3 nitrogen and oxygen atoms in total. The van der Waals surface area contributed by atoms with Gasteiger partial charge in [-0.1, -0.05) is 316 Å². The van der Waals surface area contributed by atoms with Crippen molar-refractivity contribution in [2.24, 2.45) is 0 Å². The van der Waals surface area contributed by atoms with Gasteiger partial charge in [-0.05, 0) is 162 Å². The van der Waals surface area contributed by atoms with Gasteiger partial charge in [0.2, 0.25) is 0 Å². The van der Waals surface area contributed by atoms with Gasteiger partial charge >= 0.3 is 0 Å². The Hall–Kier alpha value is -9.96. The molecule has 0 saturated carbocycles. The molecule has 480 valence electrons. The highest BCUT2D eigenvalue weighted by Crippen LogP contribution is 2.46. The molecule has 0 N–H and O–H groups in total. The van der Waals surface area contributed by atoms with Gasteiger partial charge in [0.1, 0.15) is 0 Å². The normalized spacial score (nSPS) is 13.0. The van der Waals surface area contributed by atoms with E-state index < -0.39 is 0 Å². The predicted octanol–water partition coefficient (Wildman–Crippen LogP) is 26.1. The van der Waals surface area contributed by atoms with Gasteiger partial charge in [-0.25, -0.2) is 0 Å². The van der Waals surface area contributed by atoms with E-state index in [1.807, 2.05) is 24.3 Å². The van der Waals surface area contributed by atoms with Crippen molar-refractivity contribution in [1.29, 1.82) is 0 Å². The van der Waals surface area contributed by atoms with E-state index in [1.165, 1.54) is 110 Å². The zero-order valence-electron chi connectivity index (χ0n) is 63.0. The van der Waals surface area contributed by atoms with Crippen LogP contribution in [0.15, 0.2) is 273 Å². The van der Waals surface area contributed by atoms with Crippen molar-refractivity contribution in [2.75, 3.05) is 0 Å². The first-order chi connectivity index (χ1) is 47.4. The van der Waals surface area contributed by atoms with Gasteiger partial charge in [0.05, 0.1) is 55.6 Å². The lowest BCUT2D eigenvalue weighted by Crippen LogP contribution is -2.17. The predicted molar refractivity (Wildman–Crippen MR) is 417 cm³/mol. The molecule has 0 spiro atoms. The fourth-order valence-electron chi connectivity index (χ4n) is 14.6. The molecule has 0 amide bonds. The first kappa shape index (κ1) is 59.8. The molecule has 0 aliphatic carbocycles. The van der Waals surface area contributed by atoms with E-state index in [0.29, 0.717) is 11.1 Å². The number of nitrogens with zero attached hydrogens (tertiary/aromatic N) is 3. The summed E-state index contributed by atoms with van der Waals surface area (Å²) in [5, 5.41) is 7.60. The quantitative estimate of drug-likeness (QED) is 0.158. The van der Waals surface area contributed by atoms with Crippen molar-refractivity contribution in [3.05, 3.63) is 306 Å². The fourth-order valence-corrected chi connectivity index (χ4v) is 14.6. The molecule has 0 atom stereocenters. The molecule has 0 radical (unpaired) electrons. The number of rotatable bonds is 6. The van der Waals surface area contributed by atoms with E-state index in [2.05, 4.69) is 342 Å². The Labute approximate surface area is 576 Å². The molecule has 0 saturated heterocycles. The lowest BCUT2D eigenvalue weighted by atomic mass is 9.80. The third kappa shape index (κ3) is 12.2. The van der Waals surface area contributed by atoms with Crippen molar-refractivity contribution in [2.45, 2.75) is 138 Å². The molecule has 0 unspecified atom stereocenters. The zero-order valence-corrected chi connectivity index (χ0v) is 59.0. The van der Waals surface area contributed by atoms with Crippen LogP contribution in [0.3, 0.4) is 0 Å². The standard InChI is InChI=1S/C36H41N.C29H27N.C28H25N/c1-34(2,3)25-18-20-30-28(22-25)29-23-26(35(4,5)6)19-21-31(29)37(30)32-17-13-16-27(33(32)36(7,8)9)24-14-11-10-12-15-24;1-20-16-18-21(19-17-20)22-12-9-15-27(28(22)29(2,3)4)30-25-13-7-5-10-23(25)24-11-6-8-14-26(24)30;1-28(2,3)27-21(20-12-5-4-6-13-20)16-11-19-26(27)29-24-17-9-7-14-22(24)23-15-8-10-18-25(23)29/h10-23H,1-9H3;5-19H,1-4H3;4-19H,1-3H3/i;16D,17D,18D,19D;. The molecule has 0 fully saturated rings. The van der Waals surface area contributed by atoms with Crippen LogP contribution in [0, 0.1) is 6.92 Å². The highest BCUT2D eigenvalue weighted by molar-refractivity contribution is 6.12. The van der Waals surface area contributed by atoms with Crippen LogP contribution in [-0.2, 0) is 27.1 Å². The van der Waals surface area contributed by atoms with E-state index in [9.17, 15) is 0 Å². The van der Waals surface area contributed by atoms with Gasteiger partial charge in [0.25, 0.3) is 0 Å². The summed E-state index contributed by atoms with van der Waals surface area (Å²) < 4.78 is 41.5. The lowest BCUT2D eigenvalue weighted by Gasteiger charge is -2.28. The summed E-state index contributed by atoms with van der Waals surface area (Å²) in [5.41, 5.74) is 23.6. The maximum atomic E-state index is 8.72. The summed E-state index contributed by atoms with van der Waals surface area (Å²) >= 11 is 0. The number of aromatic nitrogens is 3. The maximum absolute atomic E-state index is 8.72. The van der Waals surface area contributed by atoms with Gasteiger partial charge in [-0.3, -0.25) is 0 Å². The molecule has 15 aromatic rings. The largest absolute Gasteiger partial charge is 0.309 e. The van der Waals surface area contributed by atoms with Crippen molar-refractivity contribution in [1.82, 2.24) is 13.7 Å². The minimum absolute atomic E-state index is 0.00312. The average Bonchev–Trinajstić information content (AvgIpc) is 1.48. The summed E-state index contributed by atoms with van der Waals surface area (Å²) in [5.74, 6) is 0. The summed E-state index contributed by atoms with van der Waals surface area (Å²) in [6.07, 6.45) is 0. The molecular formula is C93H93N3. The Morgan fingerprint density at radius 3 is 0.802 bits per heavy atom. The van der Waals surface area contributed by atoms with Gasteiger partial charge in [-0.15, -0.1) is 0 Å².